The van der Waals surface area contributed by atoms with Gasteiger partial charge in [-0.2, -0.15) is 5.26 Å². The number of halogens is 1. The quantitative estimate of drug-likeness (QED) is 0.675. The van der Waals surface area contributed by atoms with Crippen LogP contribution >= 0.6 is 23.4 Å². The van der Waals surface area contributed by atoms with Gasteiger partial charge < -0.3 is 0 Å². The number of nitriles is 1. The van der Waals surface area contributed by atoms with Gasteiger partial charge in [0.15, 0.2) is 0 Å². The van der Waals surface area contributed by atoms with Crippen molar-refractivity contribution in [2.75, 3.05) is 4.72 Å². The zero-order valence-electron chi connectivity index (χ0n) is 11.0. The van der Waals surface area contributed by atoms with Crippen LogP contribution in [0.3, 0.4) is 0 Å². The predicted molar refractivity (Wildman–Crippen MR) is 84.9 cm³/mol. The van der Waals surface area contributed by atoms with Crippen LogP contribution in [-0.2, 0) is 10.0 Å². The van der Waals surface area contributed by atoms with E-state index in [1.165, 1.54) is 24.3 Å². The molecule has 0 aliphatic heterocycles. The Hall–Kier alpha value is -1.68. The van der Waals surface area contributed by atoms with Crippen LogP contribution in [0.15, 0.2) is 52.3 Å². The molecule has 108 valence electrons. The summed E-state index contributed by atoms with van der Waals surface area (Å²) >= 11 is 6.78. The van der Waals surface area contributed by atoms with Gasteiger partial charge in [0, 0.05) is 9.92 Å². The van der Waals surface area contributed by atoms with Gasteiger partial charge in [-0.3, -0.25) is 4.72 Å². The van der Waals surface area contributed by atoms with Crippen LogP contribution in [-0.4, -0.2) is 8.42 Å². The van der Waals surface area contributed by atoms with E-state index >= 15 is 0 Å². The molecule has 1 N–H and O–H groups in total. The van der Waals surface area contributed by atoms with Crippen molar-refractivity contribution in [1.82, 2.24) is 0 Å². The molecule has 0 atom stereocenters. The van der Waals surface area contributed by atoms with Gasteiger partial charge in [0.05, 0.1) is 10.6 Å². The number of thiocyanates is 1. The average Bonchev–Trinajstić information content (AvgIpc) is 2.42. The lowest BCUT2D eigenvalue weighted by atomic mass is 10.2. The second-order valence-electron chi connectivity index (χ2n) is 4.23. The molecule has 0 amide bonds. The zero-order valence-corrected chi connectivity index (χ0v) is 13.4. The number of rotatable bonds is 4. The van der Waals surface area contributed by atoms with Crippen molar-refractivity contribution in [3.63, 3.8) is 0 Å². The van der Waals surface area contributed by atoms with Crippen molar-refractivity contribution in [2.24, 2.45) is 0 Å². The first-order chi connectivity index (χ1) is 9.92. The molecule has 0 aromatic heterocycles. The number of thioether (sulfide) groups is 1. The van der Waals surface area contributed by atoms with E-state index in [1.54, 1.807) is 25.1 Å². The van der Waals surface area contributed by atoms with Crippen molar-refractivity contribution in [3.05, 3.63) is 53.1 Å². The Morgan fingerprint density at radius 3 is 2.43 bits per heavy atom. The standard InChI is InChI=1S/C14H11ClN2O2S2/c1-10-8-12(20-9-16)4-7-14(10)17-21(18,19)13-5-2-11(15)3-6-13/h2-8,17H,1H3. The highest BCUT2D eigenvalue weighted by atomic mass is 35.5. The fourth-order valence-electron chi connectivity index (χ4n) is 1.68. The second-order valence-corrected chi connectivity index (χ2v) is 7.21. The molecule has 2 aromatic carbocycles. The summed E-state index contributed by atoms with van der Waals surface area (Å²) in [6, 6.07) is 11.0. The minimum Gasteiger partial charge on any atom is -0.279 e. The molecule has 0 saturated heterocycles. The minimum atomic E-state index is -3.66. The molecule has 0 saturated carbocycles. The molecule has 0 bridgehead atoms. The van der Waals surface area contributed by atoms with Crippen molar-refractivity contribution in [3.8, 4) is 5.40 Å². The van der Waals surface area contributed by atoms with E-state index in [9.17, 15) is 8.42 Å². The monoisotopic (exact) mass is 338 g/mol. The summed E-state index contributed by atoms with van der Waals surface area (Å²) in [5.74, 6) is 0. The first-order valence-electron chi connectivity index (χ1n) is 5.87. The molecule has 21 heavy (non-hydrogen) atoms. The summed E-state index contributed by atoms with van der Waals surface area (Å²) < 4.78 is 27.1. The SMILES string of the molecule is Cc1cc(SC#N)ccc1NS(=O)(=O)c1ccc(Cl)cc1. The molecule has 0 aliphatic rings. The lowest BCUT2D eigenvalue weighted by molar-refractivity contribution is 0.601. The van der Waals surface area contributed by atoms with E-state index in [1.807, 2.05) is 5.40 Å². The van der Waals surface area contributed by atoms with Crippen LogP contribution in [0.5, 0.6) is 0 Å². The molecule has 7 heteroatoms. The Kier molecular flexibility index (Phi) is 4.78. The molecular formula is C14H11ClN2O2S2. The number of nitrogens with one attached hydrogen (secondary N) is 1. The minimum absolute atomic E-state index is 0.141. The third-order valence-corrected chi connectivity index (χ3v) is 4.94. The number of anilines is 1. The van der Waals surface area contributed by atoms with Gasteiger partial charge >= 0.3 is 0 Å². The lowest BCUT2D eigenvalue weighted by Crippen LogP contribution is -2.13. The van der Waals surface area contributed by atoms with E-state index in [2.05, 4.69) is 4.72 Å². The normalized spacial score (nSPS) is 10.9. The number of benzene rings is 2. The van der Waals surface area contributed by atoms with Gasteiger partial charge in [0.1, 0.15) is 5.40 Å². The highest BCUT2D eigenvalue weighted by molar-refractivity contribution is 8.03. The highest BCUT2D eigenvalue weighted by Gasteiger charge is 2.15. The van der Waals surface area contributed by atoms with Gasteiger partial charge in [-0.1, -0.05) is 11.6 Å². The first kappa shape index (κ1) is 15.7. The number of hydrogen-bond acceptors (Lipinski definition) is 4. The number of nitrogens with zero attached hydrogens (tertiary/aromatic N) is 1. The maximum Gasteiger partial charge on any atom is 0.261 e. The third kappa shape index (κ3) is 3.91. The Morgan fingerprint density at radius 2 is 1.86 bits per heavy atom. The number of hydrogen-bond donors (Lipinski definition) is 1. The summed E-state index contributed by atoms with van der Waals surface area (Å²) in [6.07, 6.45) is 0. The Bertz CT molecular complexity index is 797. The zero-order chi connectivity index (χ0) is 15.5. The van der Waals surface area contributed by atoms with Crippen molar-refractivity contribution >= 4 is 39.1 Å². The molecule has 2 rings (SSSR count). The summed E-state index contributed by atoms with van der Waals surface area (Å²) in [6.45, 7) is 1.78. The van der Waals surface area contributed by atoms with Crippen LogP contribution < -0.4 is 4.72 Å². The summed E-state index contributed by atoms with van der Waals surface area (Å²) in [5.41, 5.74) is 1.22. The predicted octanol–water partition coefficient (Wildman–Crippen LogP) is 4.02. The van der Waals surface area contributed by atoms with E-state index in [0.29, 0.717) is 10.7 Å². The molecule has 0 radical (unpaired) electrons. The van der Waals surface area contributed by atoms with Gasteiger partial charge in [0.2, 0.25) is 0 Å². The second kappa shape index (κ2) is 6.39. The fourth-order valence-corrected chi connectivity index (χ4v) is 3.42. The van der Waals surface area contributed by atoms with Crippen LogP contribution in [0.2, 0.25) is 5.02 Å². The highest BCUT2D eigenvalue weighted by Crippen LogP contribution is 2.25. The third-order valence-electron chi connectivity index (χ3n) is 2.73. The molecular weight excluding hydrogens is 328 g/mol. The summed E-state index contributed by atoms with van der Waals surface area (Å²) in [7, 11) is -3.66. The molecule has 0 aliphatic carbocycles. The molecule has 0 fully saturated rings. The van der Waals surface area contributed by atoms with E-state index in [-0.39, 0.29) is 4.90 Å². The number of sulfonamides is 1. The largest absolute Gasteiger partial charge is 0.279 e. The molecule has 0 unspecified atom stereocenters. The Morgan fingerprint density at radius 1 is 1.19 bits per heavy atom. The Labute approximate surface area is 132 Å². The first-order valence-corrected chi connectivity index (χ1v) is 8.55. The molecule has 4 nitrogen and oxygen atoms in total. The topological polar surface area (TPSA) is 70.0 Å². The van der Waals surface area contributed by atoms with Gasteiger partial charge in [0.25, 0.3) is 10.0 Å². The van der Waals surface area contributed by atoms with Crippen LogP contribution in [0.4, 0.5) is 5.69 Å². The van der Waals surface area contributed by atoms with Crippen molar-refractivity contribution < 1.29 is 8.42 Å². The summed E-state index contributed by atoms with van der Waals surface area (Å²) in [5, 5.41) is 11.1. The average molecular weight is 339 g/mol. The number of aryl methyl sites for hydroxylation is 1. The maximum absolute atomic E-state index is 12.3. The molecule has 0 heterocycles. The van der Waals surface area contributed by atoms with Crippen LogP contribution in [0, 0.1) is 17.6 Å². The van der Waals surface area contributed by atoms with Crippen LogP contribution in [0.1, 0.15) is 5.56 Å². The lowest BCUT2D eigenvalue weighted by Gasteiger charge is -2.11. The Balaban J connectivity index is 2.29. The molecule has 0 spiro atoms. The van der Waals surface area contributed by atoms with E-state index in [4.69, 9.17) is 16.9 Å². The molecule has 2 aromatic rings. The van der Waals surface area contributed by atoms with Gasteiger partial charge in [-0.15, -0.1) is 0 Å². The van der Waals surface area contributed by atoms with E-state index in [0.717, 1.165) is 22.2 Å². The fraction of sp³-hybridized carbons (Fsp3) is 0.0714. The van der Waals surface area contributed by atoms with E-state index < -0.39 is 10.0 Å². The van der Waals surface area contributed by atoms with Crippen molar-refractivity contribution in [1.29, 1.82) is 5.26 Å². The maximum atomic E-state index is 12.3. The van der Waals surface area contributed by atoms with Gasteiger partial charge in [-0.05, 0) is 66.7 Å². The summed E-state index contributed by atoms with van der Waals surface area (Å²) in [4.78, 5) is 0.909. The smallest absolute Gasteiger partial charge is 0.261 e. The van der Waals surface area contributed by atoms with Crippen LogP contribution in [0.25, 0.3) is 0 Å². The van der Waals surface area contributed by atoms with Crippen molar-refractivity contribution in [2.45, 2.75) is 16.7 Å². The van der Waals surface area contributed by atoms with Gasteiger partial charge in [-0.25, -0.2) is 8.42 Å².